The quantitative estimate of drug-likeness (QED) is 0.371. The molecule has 144 valence electrons. The average molecular weight is 345 g/mol. The van der Waals surface area contributed by atoms with Crippen molar-refractivity contribution in [2.75, 3.05) is 0 Å². The van der Waals surface area contributed by atoms with E-state index in [1.54, 1.807) is 0 Å². The van der Waals surface area contributed by atoms with Gasteiger partial charge in [-0.2, -0.15) is 0 Å². The van der Waals surface area contributed by atoms with Crippen LogP contribution in [0, 0.1) is 11.8 Å². The molecule has 0 spiro atoms. The maximum absolute atomic E-state index is 10.3. The molecule has 0 aliphatic carbocycles. The summed E-state index contributed by atoms with van der Waals surface area (Å²) in [6.07, 6.45) is 12.3. The molecule has 0 fully saturated rings. The molecule has 0 saturated carbocycles. The molecule has 4 nitrogen and oxygen atoms in total. The number of unbranched alkanes of at least 4 members (excludes halogenated alkanes) is 6. The van der Waals surface area contributed by atoms with Crippen molar-refractivity contribution >= 4 is 11.9 Å². The van der Waals surface area contributed by atoms with E-state index in [4.69, 9.17) is 10.2 Å². The van der Waals surface area contributed by atoms with E-state index in [1.807, 2.05) is 6.92 Å². The van der Waals surface area contributed by atoms with Gasteiger partial charge in [-0.3, -0.25) is 9.59 Å². The van der Waals surface area contributed by atoms with Crippen molar-refractivity contribution < 1.29 is 19.8 Å². The van der Waals surface area contributed by atoms with Crippen LogP contribution in [-0.2, 0) is 9.59 Å². The third-order valence-corrected chi connectivity index (χ3v) is 4.00. The summed E-state index contributed by atoms with van der Waals surface area (Å²) < 4.78 is 0. The lowest BCUT2D eigenvalue weighted by Crippen LogP contribution is -2.03. The molecule has 0 aliphatic rings. The van der Waals surface area contributed by atoms with Crippen LogP contribution in [0.1, 0.15) is 105 Å². The fourth-order valence-corrected chi connectivity index (χ4v) is 2.50. The van der Waals surface area contributed by atoms with Crippen molar-refractivity contribution in [2.24, 2.45) is 11.8 Å². The third-order valence-electron chi connectivity index (χ3n) is 4.00. The lowest BCUT2D eigenvalue weighted by atomic mass is 10.00. The van der Waals surface area contributed by atoms with Crippen LogP contribution in [0.15, 0.2) is 0 Å². The number of rotatable bonds is 14. The predicted molar refractivity (Wildman–Crippen MR) is 100 cm³/mol. The van der Waals surface area contributed by atoms with E-state index in [0.717, 1.165) is 25.2 Å². The summed E-state index contributed by atoms with van der Waals surface area (Å²) >= 11 is 0. The summed E-state index contributed by atoms with van der Waals surface area (Å²) in [4.78, 5) is 20.4. The minimum absolute atomic E-state index is 0.326. The van der Waals surface area contributed by atoms with E-state index in [0.29, 0.717) is 18.8 Å². The maximum atomic E-state index is 10.3. The molecule has 1 unspecified atom stereocenters. The van der Waals surface area contributed by atoms with Crippen molar-refractivity contribution in [2.45, 2.75) is 105 Å². The molecule has 0 aliphatic heterocycles. The van der Waals surface area contributed by atoms with Crippen molar-refractivity contribution in [1.29, 1.82) is 0 Å². The van der Waals surface area contributed by atoms with Crippen LogP contribution in [0.3, 0.4) is 0 Å². The second kappa shape index (κ2) is 18.3. The first-order valence-electron chi connectivity index (χ1n) is 9.73. The molecule has 0 aromatic carbocycles. The zero-order valence-corrected chi connectivity index (χ0v) is 16.4. The van der Waals surface area contributed by atoms with Crippen molar-refractivity contribution in [3.63, 3.8) is 0 Å². The normalized spacial score (nSPS) is 11.7. The van der Waals surface area contributed by atoms with Gasteiger partial charge >= 0.3 is 11.9 Å². The van der Waals surface area contributed by atoms with E-state index in [2.05, 4.69) is 20.8 Å². The summed E-state index contributed by atoms with van der Waals surface area (Å²) in [7, 11) is 0. The van der Waals surface area contributed by atoms with Crippen LogP contribution < -0.4 is 0 Å². The minimum Gasteiger partial charge on any atom is -0.481 e. The zero-order valence-electron chi connectivity index (χ0n) is 16.4. The SMILES string of the molecule is CC(C)CCCCCCC(=O)O.CCCCCCC(C)CC(=O)O. The second-order valence-corrected chi connectivity index (χ2v) is 7.29. The van der Waals surface area contributed by atoms with Gasteiger partial charge in [0.05, 0.1) is 0 Å². The topological polar surface area (TPSA) is 74.6 Å². The van der Waals surface area contributed by atoms with Crippen LogP contribution in [0.25, 0.3) is 0 Å². The maximum Gasteiger partial charge on any atom is 0.303 e. The number of carboxylic acids is 2. The van der Waals surface area contributed by atoms with Gasteiger partial charge in [-0.05, 0) is 18.3 Å². The number of carboxylic acid groups (broad SMARTS) is 2. The number of hydrogen-bond acceptors (Lipinski definition) is 2. The molecule has 0 bridgehead atoms. The summed E-state index contributed by atoms with van der Waals surface area (Å²) in [5.74, 6) is -0.208. The molecule has 24 heavy (non-hydrogen) atoms. The molecule has 0 heterocycles. The smallest absolute Gasteiger partial charge is 0.303 e. The molecule has 0 amide bonds. The fraction of sp³-hybridized carbons (Fsp3) is 0.900. The summed E-state index contributed by atoms with van der Waals surface area (Å²) in [6, 6.07) is 0. The van der Waals surface area contributed by atoms with Gasteiger partial charge in [-0.15, -0.1) is 0 Å². The highest BCUT2D eigenvalue weighted by molar-refractivity contribution is 5.67. The third kappa shape index (κ3) is 25.9. The van der Waals surface area contributed by atoms with Crippen molar-refractivity contribution in [3.8, 4) is 0 Å². The molecule has 0 saturated heterocycles. The molecule has 0 radical (unpaired) electrons. The van der Waals surface area contributed by atoms with E-state index < -0.39 is 11.9 Å². The standard InChI is InChI=1S/2C10H20O2/c1-9(2)7-5-3-4-6-8-10(11)12;1-3-4-5-6-7-9(2)8-10(11)12/h2*9H,3-8H2,1-2H3,(H,11,12). The van der Waals surface area contributed by atoms with Crippen LogP contribution >= 0.6 is 0 Å². The van der Waals surface area contributed by atoms with Gasteiger partial charge in [-0.25, -0.2) is 0 Å². The Morgan fingerprint density at radius 3 is 1.79 bits per heavy atom. The Hall–Kier alpha value is -1.06. The summed E-state index contributed by atoms with van der Waals surface area (Å²) in [5, 5.41) is 16.8. The van der Waals surface area contributed by atoms with E-state index in [9.17, 15) is 9.59 Å². The van der Waals surface area contributed by atoms with E-state index in [1.165, 1.54) is 44.9 Å². The Labute approximate surface area is 149 Å². The predicted octanol–water partition coefficient (Wildman–Crippen LogP) is 6.14. The Kier molecular flexibility index (Phi) is 19.2. The number of aliphatic carboxylic acids is 2. The molecule has 1 atom stereocenters. The van der Waals surface area contributed by atoms with Crippen LogP contribution in [0.4, 0.5) is 0 Å². The van der Waals surface area contributed by atoms with Gasteiger partial charge in [0, 0.05) is 12.8 Å². The molecule has 4 heteroatoms. The molecular formula is C20H40O4. The Morgan fingerprint density at radius 2 is 1.29 bits per heavy atom. The van der Waals surface area contributed by atoms with E-state index >= 15 is 0 Å². The Balaban J connectivity index is 0. The monoisotopic (exact) mass is 344 g/mol. The minimum atomic E-state index is -0.669. The average Bonchev–Trinajstić information content (AvgIpc) is 2.46. The van der Waals surface area contributed by atoms with Crippen LogP contribution in [-0.4, -0.2) is 22.2 Å². The highest BCUT2D eigenvalue weighted by Gasteiger charge is 2.06. The molecular weight excluding hydrogens is 304 g/mol. The Morgan fingerprint density at radius 1 is 0.750 bits per heavy atom. The van der Waals surface area contributed by atoms with Gasteiger partial charge in [0.1, 0.15) is 0 Å². The lowest BCUT2D eigenvalue weighted by Gasteiger charge is -2.06. The molecule has 0 aromatic heterocycles. The highest BCUT2D eigenvalue weighted by Crippen LogP contribution is 2.13. The van der Waals surface area contributed by atoms with Gasteiger partial charge in [-0.1, -0.05) is 85.5 Å². The van der Waals surface area contributed by atoms with Crippen molar-refractivity contribution in [3.05, 3.63) is 0 Å². The van der Waals surface area contributed by atoms with Gasteiger partial charge in [0.2, 0.25) is 0 Å². The first-order valence-corrected chi connectivity index (χ1v) is 9.73. The first kappa shape index (κ1) is 25.2. The second-order valence-electron chi connectivity index (χ2n) is 7.29. The lowest BCUT2D eigenvalue weighted by molar-refractivity contribution is -0.138. The number of hydrogen-bond donors (Lipinski definition) is 2. The summed E-state index contributed by atoms with van der Waals surface area (Å²) in [5.41, 5.74) is 0. The molecule has 2 N–H and O–H groups in total. The fourth-order valence-electron chi connectivity index (χ4n) is 2.50. The van der Waals surface area contributed by atoms with Crippen molar-refractivity contribution in [1.82, 2.24) is 0 Å². The molecule has 0 aromatic rings. The van der Waals surface area contributed by atoms with Crippen LogP contribution in [0.2, 0.25) is 0 Å². The number of carbonyl (C=O) groups is 2. The van der Waals surface area contributed by atoms with Crippen LogP contribution in [0.5, 0.6) is 0 Å². The Bertz CT molecular complexity index is 300. The van der Waals surface area contributed by atoms with Gasteiger partial charge in [0.25, 0.3) is 0 Å². The van der Waals surface area contributed by atoms with Gasteiger partial charge < -0.3 is 10.2 Å². The van der Waals surface area contributed by atoms with E-state index in [-0.39, 0.29) is 0 Å². The summed E-state index contributed by atoms with van der Waals surface area (Å²) in [6.45, 7) is 8.63. The highest BCUT2D eigenvalue weighted by atomic mass is 16.4. The zero-order chi connectivity index (χ0) is 18.8. The largest absolute Gasteiger partial charge is 0.481 e. The first-order chi connectivity index (χ1) is 11.3. The molecule has 0 rings (SSSR count). The van der Waals surface area contributed by atoms with Gasteiger partial charge in [0.15, 0.2) is 0 Å².